The van der Waals surface area contributed by atoms with Gasteiger partial charge in [-0.05, 0) is 43.2 Å². The molecule has 0 saturated carbocycles. The molecule has 9 heteroatoms. The van der Waals surface area contributed by atoms with Crippen LogP contribution in [-0.4, -0.2) is 37.4 Å². The fraction of sp³-hybridized carbons (Fsp3) is 0.381. The summed E-state index contributed by atoms with van der Waals surface area (Å²) in [4.78, 5) is 40.8. The first kappa shape index (κ1) is 21.2. The minimum Gasteiger partial charge on any atom is -0.351 e. The number of rotatable bonds is 5. The Labute approximate surface area is 188 Å². The summed E-state index contributed by atoms with van der Waals surface area (Å²) in [5.41, 5.74) is 1.67. The molecule has 3 heterocycles. The van der Waals surface area contributed by atoms with Crippen LogP contribution in [0.2, 0.25) is 9.36 Å². The van der Waals surface area contributed by atoms with E-state index in [1.54, 1.807) is 15.9 Å². The number of thiophene rings is 1. The standard InChI is InChI=1S/C21H21Cl2N3O3S/c22-16-10-17(23)30-20(16)21(29)24-11-13-9-19(28)26(12-13)15-6-4-14(5-7-15)25-8-2-1-3-18(25)27/h4-7,10,13H,1-3,8-9,11-12H2,(H,24,29). The summed E-state index contributed by atoms with van der Waals surface area (Å²) in [5, 5.41) is 3.18. The zero-order chi connectivity index (χ0) is 21.3. The number of amides is 3. The van der Waals surface area contributed by atoms with Crippen molar-refractivity contribution in [2.45, 2.75) is 25.7 Å². The van der Waals surface area contributed by atoms with E-state index in [9.17, 15) is 14.4 Å². The Hall–Kier alpha value is -2.09. The van der Waals surface area contributed by atoms with Crippen LogP contribution < -0.4 is 15.1 Å². The maximum Gasteiger partial charge on any atom is 0.262 e. The van der Waals surface area contributed by atoms with E-state index >= 15 is 0 Å². The van der Waals surface area contributed by atoms with Gasteiger partial charge in [0.05, 0.1) is 9.36 Å². The Bertz CT molecular complexity index is 976. The van der Waals surface area contributed by atoms with Crippen LogP contribution in [0.25, 0.3) is 0 Å². The molecule has 0 aliphatic carbocycles. The molecule has 0 radical (unpaired) electrons. The molecule has 30 heavy (non-hydrogen) atoms. The predicted octanol–water partition coefficient (Wildman–Crippen LogP) is 4.35. The maximum atomic E-state index is 12.5. The molecule has 1 atom stereocenters. The Kier molecular flexibility index (Phi) is 6.32. The Morgan fingerprint density at radius 2 is 1.77 bits per heavy atom. The number of nitrogens with one attached hydrogen (secondary N) is 1. The highest BCUT2D eigenvalue weighted by molar-refractivity contribution is 7.18. The van der Waals surface area contributed by atoms with Gasteiger partial charge in [-0.15, -0.1) is 11.3 Å². The topological polar surface area (TPSA) is 69.7 Å². The molecule has 2 fully saturated rings. The lowest BCUT2D eigenvalue weighted by Crippen LogP contribution is -2.35. The van der Waals surface area contributed by atoms with Crippen molar-refractivity contribution in [2.75, 3.05) is 29.4 Å². The number of halogens is 2. The van der Waals surface area contributed by atoms with Crippen molar-refractivity contribution >= 4 is 63.6 Å². The second kappa shape index (κ2) is 8.96. The monoisotopic (exact) mass is 465 g/mol. The lowest BCUT2D eigenvalue weighted by Gasteiger charge is -2.27. The molecule has 0 spiro atoms. The van der Waals surface area contributed by atoms with Crippen LogP contribution in [0.4, 0.5) is 11.4 Å². The molecule has 2 aliphatic heterocycles. The number of carbonyl (C=O) groups excluding carboxylic acids is 3. The maximum absolute atomic E-state index is 12.5. The van der Waals surface area contributed by atoms with Gasteiger partial charge in [0.15, 0.2) is 0 Å². The molecule has 1 N–H and O–H groups in total. The Morgan fingerprint density at radius 3 is 2.40 bits per heavy atom. The van der Waals surface area contributed by atoms with Gasteiger partial charge < -0.3 is 15.1 Å². The fourth-order valence-corrected chi connectivity index (χ4v) is 5.34. The van der Waals surface area contributed by atoms with Gasteiger partial charge in [-0.25, -0.2) is 0 Å². The van der Waals surface area contributed by atoms with Crippen LogP contribution in [0.3, 0.4) is 0 Å². The highest BCUT2D eigenvalue weighted by Crippen LogP contribution is 2.31. The number of piperidine rings is 1. The largest absolute Gasteiger partial charge is 0.351 e. The van der Waals surface area contributed by atoms with Gasteiger partial charge in [0.2, 0.25) is 11.8 Å². The molecular weight excluding hydrogens is 445 g/mol. The van der Waals surface area contributed by atoms with E-state index in [1.807, 2.05) is 24.3 Å². The van der Waals surface area contributed by atoms with Gasteiger partial charge in [-0.1, -0.05) is 23.2 Å². The smallest absolute Gasteiger partial charge is 0.262 e. The number of hydrogen-bond acceptors (Lipinski definition) is 4. The van der Waals surface area contributed by atoms with Crippen molar-refractivity contribution in [3.8, 4) is 0 Å². The van der Waals surface area contributed by atoms with Crippen LogP contribution >= 0.6 is 34.5 Å². The molecule has 1 aromatic heterocycles. The number of hydrogen-bond donors (Lipinski definition) is 1. The zero-order valence-electron chi connectivity index (χ0n) is 16.2. The van der Waals surface area contributed by atoms with E-state index in [1.165, 1.54) is 0 Å². The molecule has 3 amide bonds. The first-order valence-electron chi connectivity index (χ1n) is 9.86. The van der Waals surface area contributed by atoms with Gasteiger partial charge in [-0.3, -0.25) is 14.4 Å². The predicted molar refractivity (Wildman–Crippen MR) is 120 cm³/mol. The van der Waals surface area contributed by atoms with Gasteiger partial charge in [0.1, 0.15) is 4.88 Å². The summed E-state index contributed by atoms with van der Waals surface area (Å²) < 4.78 is 0.460. The van der Waals surface area contributed by atoms with Crippen LogP contribution in [-0.2, 0) is 9.59 Å². The van der Waals surface area contributed by atoms with Crippen molar-refractivity contribution in [1.29, 1.82) is 0 Å². The first-order chi connectivity index (χ1) is 14.4. The SMILES string of the molecule is O=C(NCC1CC(=O)N(c2ccc(N3CCCCC3=O)cc2)C1)c1sc(Cl)cc1Cl. The third-order valence-electron chi connectivity index (χ3n) is 5.42. The Morgan fingerprint density at radius 1 is 1.07 bits per heavy atom. The lowest BCUT2D eigenvalue weighted by atomic mass is 10.1. The normalized spacial score (nSPS) is 19.5. The van der Waals surface area contributed by atoms with Crippen LogP contribution in [0.5, 0.6) is 0 Å². The zero-order valence-corrected chi connectivity index (χ0v) is 18.5. The quantitative estimate of drug-likeness (QED) is 0.712. The molecule has 2 aliphatic rings. The van der Waals surface area contributed by atoms with E-state index in [-0.39, 0.29) is 23.6 Å². The van der Waals surface area contributed by atoms with E-state index in [2.05, 4.69) is 5.32 Å². The molecule has 2 aromatic rings. The third kappa shape index (κ3) is 4.48. The average Bonchev–Trinajstić information content (AvgIpc) is 3.28. The number of anilines is 2. The average molecular weight is 466 g/mol. The van der Waals surface area contributed by atoms with E-state index < -0.39 is 0 Å². The van der Waals surface area contributed by atoms with Crippen molar-refractivity contribution < 1.29 is 14.4 Å². The van der Waals surface area contributed by atoms with Crippen molar-refractivity contribution in [3.63, 3.8) is 0 Å². The molecule has 0 bridgehead atoms. The van der Waals surface area contributed by atoms with Crippen molar-refractivity contribution in [3.05, 3.63) is 44.6 Å². The number of carbonyl (C=O) groups is 3. The second-order valence-electron chi connectivity index (χ2n) is 7.53. The first-order valence-corrected chi connectivity index (χ1v) is 11.4. The minimum atomic E-state index is -0.279. The fourth-order valence-electron chi connectivity index (χ4n) is 3.87. The minimum absolute atomic E-state index is 0.0130. The van der Waals surface area contributed by atoms with Crippen molar-refractivity contribution in [2.24, 2.45) is 5.92 Å². The van der Waals surface area contributed by atoms with Gasteiger partial charge in [0.25, 0.3) is 5.91 Å². The second-order valence-corrected chi connectivity index (χ2v) is 9.62. The number of benzene rings is 1. The van der Waals surface area contributed by atoms with E-state index in [0.29, 0.717) is 40.2 Å². The summed E-state index contributed by atoms with van der Waals surface area (Å²) in [7, 11) is 0. The molecule has 158 valence electrons. The molecule has 1 unspecified atom stereocenters. The van der Waals surface area contributed by atoms with Crippen LogP contribution in [0.1, 0.15) is 35.4 Å². The molecule has 6 nitrogen and oxygen atoms in total. The lowest BCUT2D eigenvalue weighted by molar-refractivity contribution is -0.119. The number of nitrogens with zero attached hydrogens (tertiary/aromatic N) is 2. The van der Waals surface area contributed by atoms with Crippen LogP contribution in [0, 0.1) is 5.92 Å². The molecule has 1 aromatic carbocycles. The molecule has 2 saturated heterocycles. The highest BCUT2D eigenvalue weighted by Gasteiger charge is 2.31. The van der Waals surface area contributed by atoms with Gasteiger partial charge in [0, 0.05) is 49.8 Å². The summed E-state index contributed by atoms with van der Waals surface area (Å²) >= 11 is 13.0. The molecule has 4 rings (SSSR count). The summed E-state index contributed by atoms with van der Waals surface area (Å²) in [6, 6.07) is 9.09. The summed E-state index contributed by atoms with van der Waals surface area (Å²) in [6.45, 7) is 1.65. The van der Waals surface area contributed by atoms with Gasteiger partial charge in [-0.2, -0.15) is 0 Å². The Balaban J connectivity index is 1.36. The van der Waals surface area contributed by atoms with E-state index in [0.717, 1.165) is 42.1 Å². The van der Waals surface area contributed by atoms with Crippen LogP contribution in [0.15, 0.2) is 30.3 Å². The van der Waals surface area contributed by atoms with E-state index in [4.69, 9.17) is 23.2 Å². The molecular formula is C21H21Cl2N3O3S. The summed E-state index contributed by atoms with van der Waals surface area (Å²) in [5.74, 6) is -0.0974. The van der Waals surface area contributed by atoms with Gasteiger partial charge >= 0.3 is 0 Å². The highest BCUT2D eigenvalue weighted by atomic mass is 35.5. The third-order valence-corrected chi connectivity index (χ3v) is 7.09. The summed E-state index contributed by atoms with van der Waals surface area (Å²) in [6.07, 6.45) is 2.90. The van der Waals surface area contributed by atoms with Crippen molar-refractivity contribution in [1.82, 2.24) is 5.32 Å².